The first-order valence-corrected chi connectivity index (χ1v) is 11.2. The summed E-state index contributed by atoms with van der Waals surface area (Å²) in [5.74, 6) is 2.55. The minimum absolute atomic E-state index is 0.253. The number of aromatic nitrogens is 4. The number of para-hydroxylation sites is 2. The quantitative estimate of drug-likeness (QED) is 0.343. The molecule has 0 bridgehead atoms. The molecule has 0 radical (unpaired) electrons. The molecule has 33 heavy (non-hydrogen) atoms. The van der Waals surface area contributed by atoms with Crippen molar-refractivity contribution in [3.05, 3.63) is 81.3 Å². The van der Waals surface area contributed by atoms with Gasteiger partial charge in [-0.05, 0) is 52.9 Å². The Bertz CT molecular complexity index is 1300. The van der Waals surface area contributed by atoms with Gasteiger partial charge in [-0.15, -0.1) is 5.10 Å². The molecule has 0 aliphatic carbocycles. The zero-order valence-corrected chi connectivity index (χ0v) is 19.4. The van der Waals surface area contributed by atoms with Crippen molar-refractivity contribution < 1.29 is 14.2 Å². The third-order valence-electron chi connectivity index (χ3n) is 5.06. The van der Waals surface area contributed by atoms with Gasteiger partial charge in [-0.3, -0.25) is 0 Å². The number of halogens is 3. The van der Waals surface area contributed by atoms with Gasteiger partial charge in [0.1, 0.15) is 19.0 Å². The van der Waals surface area contributed by atoms with Crippen LogP contribution in [0.25, 0.3) is 11.4 Å². The monoisotopic (exact) mass is 502 g/mol. The Morgan fingerprint density at radius 1 is 1.00 bits per heavy atom. The first kappa shape index (κ1) is 21.8. The highest BCUT2D eigenvalue weighted by molar-refractivity contribution is 6.43. The molecule has 0 spiro atoms. The van der Waals surface area contributed by atoms with Crippen LogP contribution in [-0.2, 0) is 6.54 Å². The van der Waals surface area contributed by atoms with Gasteiger partial charge in [0.2, 0.25) is 0 Å². The van der Waals surface area contributed by atoms with Crippen molar-refractivity contribution in [2.45, 2.75) is 12.6 Å². The standard InChI is InChI=1S/C23H17Cl3N4O3/c24-15-8-9-19(31-12-16-13-32-20-6-1-2-7-21(20)33-16)14(10-15)11-30-23(27-28-29-30)17-4-3-5-18(25)22(17)26/h1-10,16H,11-13H2. The average molecular weight is 504 g/mol. The van der Waals surface area contributed by atoms with Gasteiger partial charge in [-0.25, -0.2) is 4.68 Å². The van der Waals surface area contributed by atoms with E-state index < -0.39 is 0 Å². The molecule has 0 saturated heterocycles. The van der Waals surface area contributed by atoms with Crippen LogP contribution >= 0.6 is 34.8 Å². The summed E-state index contributed by atoms with van der Waals surface area (Å²) in [4.78, 5) is 0. The number of rotatable bonds is 6. The van der Waals surface area contributed by atoms with E-state index in [4.69, 9.17) is 49.0 Å². The highest BCUT2D eigenvalue weighted by Gasteiger charge is 2.22. The maximum Gasteiger partial charge on any atom is 0.183 e. The fraction of sp³-hybridized carbons (Fsp3) is 0.174. The van der Waals surface area contributed by atoms with E-state index in [0.29, 0.717) is 57.7 Å². The minimum Gasteiger partial charge on any atom is -0.489 e. The molecule has 2 heterocycles. The molecular weight excluding hydrogens is 487 g/mol. The number of nitrogens with zero attached hydrogens (tertiary/aromatic N) is 4. The van der Waals surface area contributed by atoms with E-state index in [9.17, 15) is 0 Å². The molecule has 7 nitrogen and oxygen atoms in total. The minimum atomic E-state index is -0.253. The maximum atomic E-state index is 6.38. The van der Waals surface area contributed by atoms with Crippen LogP contribution in [0.5, 0.6) is 17.2 Å². The van der Waals surface area contributed by atoms with Gasteiger partial charge in [-0.1, -0.05) is 53.0 Å². The third-order valence-corrected chi connectivity index (χ3v) is 6.11. The van der Waals surface area contributed by atoms with Gasteiger partial charge in [0, 0.05) is 16.1 Å². The van der Waals surface area contributed by atoms with Crippen LogP contribution < -0.4 is 14.2 Å². The zero-order valence-electron chi connectivity index (χ0n) is 17.1. The number of tetrazole rings is 1. The average Bonchev–Trinajstić information content (AvgIpc) is 3.28. The molecule has 3 aromatic carbocycles. The Morgan fingerprint density at radius 2 is 1.85 bits per heavy atom. The molecule has 0 fully saturated rings. The van der Waals surface area contributed by atoms with Gasteiger partial charge in [0.15, 0.2) is 23.4 Å². The van der Waals surface area contributed by atoms with Crippen molar-refractivity contribution in [2.75, 3.05) is 13.2 Å². The molecule has 168 valence electrons. The van der Waals surface area contributed by atoms with Crippen molar-refractivity contribution in [3.8, 4) is 28.6 Å². The molecule has 1 unspecified atom stereocenters. The summed E-state index contributed by atoms with van der Waals surface area (Å²) >= 11 is 18.8. The van der Waals surface area contributed by atoms with Crippen molar-refractivity contribution in [1.82, 2.24) is 20.2 Å². The molecule has 4 aromatic rings. The molecular formula is C23H17Cl3N4O3. The number of hydrogen-bond donors (Lipinski definition) is 0. The number of benzene rings is 3. The number of hydrogen-bond acceptors (Lipinski definition) is 6. The normalized spacial score (nSPS) is 14.8. The second-order valence-corrected chi connectivity index (χ2v) is 8.54. The topological polar surface area (TPSA) is 71.3 Å². The molecule has 1 aliphatic heterocycles. The Labute approximate surface area is 204 Å². The van der Waals surface area contributed by atoms with E-state index in [1.807, 2.05) is 42.5 Å². The van der Waals surface area contributed by atoms with Crippen molar-refractivity contribution in [2.24, 2.45) is 0 Å². The predicted octanol–water partition coefficient (Wildman–Crippen LogP) is 5.57. The van der Waals surface area contributed by atoms with Crippen LogP contribution in [-0.4, -0.2) is 39.5 Å². The Hall–Kier alpha value is -3.00. The zero-order chi connectivity index (χ0) is 22.8. The lowest BCUT2D eigenvalue weighted by Crippen LogP contribution is -2.34. The van der Waals surface area contributed by atoms with Crippen LogP contribution in [0.15, 0.2) is 60.7 Å². The Morgan fingerprint density at radius 3 is 2.73 bits per heavy atom. The number of ether oxygens (including phenoxy) is 3. The summed E-state index contributed by atoms with van der Waals surface area (Å²) < 4.78 is 19.5. The Balaban J connectivity index is 1.35. The fourth-order valence-corrected chi connectivity index (χ4v) is 4.06. The van der Waals surface area contributed by atoms with E-state index in [-0.39, 0.29) is 6.10 Å². The summed E-state index contributed by atoms with van der Waals surface area (Å²) in [7, 11) is 0. The lowest BCUT2D eigenvalue weighted by molar-refractivity contribution is 0.0532. The summed E-state index contributed by atoms with van der Waals surface area (Å²) in [5, 5.41) is 13.4. The lowest BCUT2D eigenvalue weighted by Gasteiger charge is -2.26. The summed E-state index contributed by atoms with van der Waals surface area (Å²) in [6, 6.07) is 18.3. The van der Waals surface area contributed by atoms with E-state index in [1.165, 1.54) is 0 Å². The van der Waals surface area contributed by atoms with Gasteiger partial charge in [0.25, 0.3) is 0 Å². The van der Waals surface area contributed by atoms with Gasteiger partial charge in [-0.2, -0.15) is 0 Å². The van der Waals surface area contributed by atoms with Gasteiger partial charge in [0.05, 0.1) is 16.6 Å². The van der Waals surface area contributed by atoms with E-state index in [1.54, 1.807) is 22.9 Å². The largest absolute Gasteiger partial charge is 0.489 e. The highest BCUT2D eigenvalue weighted by Crippen LogP contribution is 2.34. The molecule has 0 N–H and O–H groups in total. The van der Waals surface area contributed by atoms with Crippen LogP contribution in [0, 0.1) is 0 Å². The number of fused-ring (bicyclic) bond motifs is 1. The second kappa shape index (κ2) is 9.47. The second-order valence-electron chi connectivity index (χ2n) is 7.32. The fourth-order valence-electron chi connectivity index (χ4n) is 3.48. The van der Waals surface area contributed by atoms with Crippen molar-refractivity contribution >= 4 is 34.8 Å². The maximum absolute atomic E-state index is 6.38. The van der Waals surface area contributed by atoms with Gasteiger partial charge >= 0.3 is 0 Å². The van der Waals surface area contributed by atoms with Crippen molar-refractivity contribution in [3.63, 3.8) is 0 Å². The predicted molar refractivity (Wildman–Crippen MR) is 126 cm³/mol. The summed E-state index contributed by atoms with van der Waals surface area (Å²) in [5.41, 5.74) is 1.43. The smallest absolute Gasteiger partial charge is 0.183 e. The van der Waals surface area contributed by atoms with Crippen LogP contribution in [0.4, 0.5) is 0 Å². The highest BCUT2D eigenvalue weighted by atomic mass is 35.5. The van der Waals surface area contributed by atoms with Crippen LogP contribution in [0.1, 0.15) is 5.56 Å². The first-order valence-electron chi connectivity index (χ1n) is 10.1. The third kappa shape index (κ3) is 4.71. The Kier molecular flexibility index (Phi) is 6.26. The van der Waals surface area contributed by atoms with E-state index in [0.717, 1.165) is 11.3 Å². The summed E-state index contributed by atoms with van der Waals surface area (Å²) in [6.07, 6.45) is -0.253. The van der Waals surface area contributed by atoms with E-state index in [2.05, 4.69) is 15.5 Å². The van der Waals surface area contributed by atoms with Crippen LogP contribution in [0.3, 0.4) is 0 Å². The molecule has 1 aliphatic rings. The SMILES string of the molecule is Clc1ccc(OCC2COc3ccccc3O2)c(Cn2nnnc2-c2cccc(Cl)c2Cl)c1. The molecule has 10 heteroatoms. The van der Waals surface area contributed by atoms with Crippen molar-refractivity contribution in [1.29, 1.82) is 0 Å². The molecule has 0 saturated carbocycles. The molecule has 5 rings (SSSR count). The first-order chi connectivity index (χ1) is 16.1. The summed E-state index contributed by atoms with van der Waals surface area (Å²) in [6.45, 7) is 1.00. The molecule has 1 atom stereocenters. The van der Waals surface area contributed by atoms with Crippen LogP contribution in [0.2, 0.25) is 15.1 Å². The van der Waals surface area contributed by atoms with E-state index >= 15 is 0 Å². The molecule has 1 aromatic heterocycles. The lowest BCUT2D eigenvalue weighted by atomic mass is 10.1. The molecule has 0 amide bonds. The van der Waals surface area contributed by atoms with Gasteiger partial charge < -0.3 is 14.2 Å².